The van der Waals surface area contributed by atoms with Crippen molar-refractivity contribution in [2.24, 2.45) is 0 Å². The monoisotopic (exact) mass is 316 g/mol. The Morgan fingerprint density at radius 1 is 1.41 bits per heavy atom. The number of hydrogen-bond donors (Lipinski definition) is 1. The van der Waals surface area contributed by atoms with Crippen LogP contribution < -0.4 is 5.32 Å². The van der Waals surface area contributed by atoms with Crippen LogP contribution in [0.5, 0.6) is 0 Å². The lowest BCUT2D eigenvalue weighted by Crippen LogP contribution is -2.69. The lowest BCUT2D eigenvalue weighted by Gasteiger charge is -2.39. The molecule has 0 spiro atoms. The zero-order valence-electron chi connectivity index (χ0n) is 12.6. The van der Waals surface area contributed by atoms with Gasteiger partial charge in [0, 0.05) is 6.42 Å². The van der Waals surface area contributed by atoms with Gasteiger partial charge in [-0.3, -0.25) is 19.8 Å². The Labute approximate surface area is 128 Å². The molecule has 0 saturated carbocycles. The summed E-state index contributed by atoms with van der Waals surface area (Å²) in [5, 5.41) is 1.87. The second-order valence-corrected chi connectivity index (χ2v) is 5.43. The summed E-state index contributed by atoms with van der Waals surface area (Å²) < 4.78 is 24.4. The van der Waals surface area contributed by atoms with Crippen molar-refractivity contribution in [2.45, 2.75) is 57.5 Å². The van der Waals surface area contributed by atoms with E-state index in [4.69, 9.17) is 9.47 Å². The van der Waals surface area contributed by atoms with Gasteiger partial charge in [-0.15, -0.1) is 0 Å². The molecule has 2 rings (SSSR count). The second kappa shape index (κ2) is 7.04. The number of alkyl halides is 1. The fourth-order valence-corrected chi connectivity index (χ4v) is 2.60. The number of unbranched alkanes of at least 4 members (excludes halogenated alkanes) is 4. The van der Waals surface area contributed by atoms with Gasteiger partial charge >= 0.3 is 17.9 Å². The summed E-state index contributed by atoms with van der Waals surface area (Å²) in [4.78, 5) is 36.0. The number of imide groups is 1. The first-order chi connectivity index (χ1) is 10.5. The number of halogens is 1. The molecule has 0 bridgehead atoms. The Morgan fingerprint density at radius 2 is 2.14 bits per heavy atom. The van der Waals surface area contributed by atoms with Gasteiger partial charge in [0.25, 0.3) is 12.1 Å². The highest BCUT2D eigenvalue weighted by molar-refractivity contribution is 6.00. The Hall–Kier alpha value is -1.70. The summed E-state index contributed by atoms with van der Waals surface area (Å²) in [5.41, 5.74) is 0. The van der Waals surface area contributed by atoms with Crippen LogP contribution in [0.2, 0.25) is 0 Å². The maximum Gasteiger partial charge on any atom is 0.343 e. The molecule has 2 saturated heterocycles. The lowest BCUT2D eigenvalue weighted by atomic mass is 10.1. The average Bonchev–Trinajstić information content (AvgIpc) is 2.90. The predicted octanol–water partition coefficient (Wildman–Crippen LogP) is 1.46. The van der Waals surface area contributed by atoms with Gasteiger partial charge in [-0.25, -0.2) is 9.18 Å². The number of esters is 1. The minimum absolute atomic E-state index is 0.00486. The number of rotatable bonds is 7. The minimum Gasteiger partial charge on any atom is -0.410 e. The van der Waals surface area contributed by atoms with Crippen LogP contribution in [0.25, 0.3) is 0 Å². The van der Waals surface area contributed by atoms with E-state index in [1.54, 1.807) is 0 Å². The van der Waals surface area contributed by atoms with E-state index in [2.05, 4.69) is 6.92 Å². The van der Waals surface area contributed by atoms with Gasteiger partial charge in [0.1, 0.15) is 0 Å². The number of fused-ring (bicyclic) bond motifs is 1. The molecule has 2 fully saturated rings. The number of carbonyl (C=O) groups excluding carboxylic acids is 3. The first kappa shape index (κ1) is 16.7. The van der Waals surface area contributed by atoms with Crippen molar-refractivity contribution < 1.29 is 28.2 Å². The fraction of sp³-hybridized carbons (Fsp3) is 0.786. The van der Waals surface area contributed by atoms with E-state index < -0.39 is 30.0 Å². The first-order valence-corrected chi connectivity index (χ1v) is 7.63. The molecular weight excluding hydrogens is 295 g/mol. The van der Waals surface area contributed by atoms with Crippen molar-refractivity contribution in [2.75, 3.05) is 13.2 Å². The number of urea groups is 1. The van der Waals surface area contributed by atoms with Crippen molar-refractivity contribution in [1.82, 2.24) is 10.2 Å². The second-order valence-electron chi connectivity index (χ2n) is 5.43. The zero-order chi connectivity index (χ0) is 16.2. The maximum atomic E-state index is 14.2. The van der Waals surface area contributed by atoms with E-state index in [-0.39, 0.29) is 19.6 Å². The smallest absolute Gasteiger partial charge is 0.343 e. The van der Waals surface area contributed by atoms with E-state index in [1.807, 2.05) is 5.32 Å². The van der Waals surface area contributed by atoms with E-state index >= 15 is 0 Å². The van der Waals surface area contributed by atoms with Crippen LogP contribution in [0, 0.1) is 0 Å². The Balaban J connectivity index is 1.94. The third-order valence-electron chi connectivity index (χ3n) is 3.77. The third-order valence-corrected chi connectivity index (χ3v) is 3.77. The fourth-order valence-electron chi connectivity index (χ4n) is 2.60. The SMILES string of the molecule is CCCCCCCC(=O)OC12OCCN1C(=O)NC(=O)[C@@H]2F. The van der Waals surface area contributed by atoms with Gasteiger partial charge in [0.05, 0.1) is 13.2 Å². The maximum absolute atomic E-state index is 14.2. The van der Waals surface area contributed by atoms with E-state index in [0.717, 1.165) is 30.6 Å². The Kier molecular flexibility index (Phi) is 5.33. The number of nitrogens with zero attached hydrogens (tertiary/aromatic N) is 1. The highest BCUT2D eigenvalue weighted by Crippen LogP contribution is 2.34. The quantitative estimate of drug-likeness (QED) is 0.568. The summed E-state index contributed by atoms with van der Waals surface area (Å²) in [5.74, 6) is -4.06. The molecule has 2 heterocycles. The van der Waals surface area contributed by atoms with Crippen molar-refractivity contribution in [3.05, 3.63) is 0 Å². The summed E-state index contributed by atoms with van der Waals surface area (Å²) in [6, 6.07) is -0.813. The number of carbonyl (C=O) groups is 3. The molecule has 0 aromatic rings. The molecule has 0 aromatic heterocycles. The molecule has 7 nitrogen and oxygen atoms in total. The van der Waals surface area contributed by atoms with Gasteiger partial charge in [0.2, 0.25) is 0 Å². The van der Waals surface area contributed by atoms with Crippen molar-refractivity contribution in [3.8, 4) is 0 Å². The van der Waals surface area contributed by atoms with E-state index in [1.165, 1.54) is 0 Å². The van der Waals surface area contributed by atoms with E-state index in [9.17, 15) is 18.8 Å². The number of amides is 3. The van der Waals surface area contributed by atoms with Gasteiger partial charge in [-0.1, -0.05) is 32.6 Å². The molecule has 1 N–H and O–H groups in total. The molecule has 22 heavy (non-hydrogen) atoms. The standard InChI is InChI=1S/C14H21FN2O5/c1-2-3-4-5-6-7-10(18)22-14-11(15)12(19)16-13(20)17(14)8-9-21-14/h11H,2-9H2,1H3,(H,16,19,20)/t11-,14?/m0/s1. The molecule has 1 unspecified atom stereocenters. The molecule has 2 aliphatic heterocycles. The van der Waals surface area contributed by atoms with Gasteiger partial charge in [-0.05, 0) is 6.42 Å². The first-order valence-electron chi connectivity index (χ1n) is 7.63. The summed E-state index contributed by atoms with van der Waals surface area (Å²) in [7, 11) is 0. The highest BCUT2D eigenvalue weighted by atomic mass is 19.1. The molecule has 2 aliphatic rings. The lowest BCUT2D eigenvalue weighted by molar-refractivity contribution is -0.278. The average molecular weight is 316 g/mol. The number of ether oxygens (including phenoxy) is 2. The minimum atomic E-state index is -2.25. The molecule has 0 radical (unpaired) electrons. The van der Waals surface area contributed by atoms with Crippen LogP contribution in [-0.2, 0) is 19.1 Å². The van der Waals surface area contributed by atoms with Crippen LogP contribution in [0.4, 0.5) is 9.18 Å². The normalized spacial score (nSPS) is 27.5. The predicted molar refractivity (Wildman–Crippen MR) is 73.3 cm³/mol. The Bertz CT molecular complexity index is 459. The van der Waals surface area contributed by atoms with Crippen molar-refractivity contribution in [3.63, 3.8) is 0 Å². The zero-order valence-corrected chi connectivity index (χ0v) is 12.6. The van der Waals surface area contributed by atoms with Crippen LogP contribution in [0.3, 0.4) is 0 Å². The summed E-state index contributed by atoms with van der Waals surface area (Å²) in [6.07, 6.45) is 2.55. The van der Waals surface area contributed by atoms with Gasteiger partial charge in [0.15, 0.2) is 0 Å². The van der Waals surface area contributed by atoms with Crippen molar-refractivity contribution >= 4 is 17.9 Å². The Morgan fingerprint density at radius 3 is 2.86 bits per heavy atom. The molecule has 8 heteroatoms. The van der Waals surface area contributed by atoms with Gasteiger partial charge in [-0.2, -0.15) is 0 Å². The van der Waals surface area contributed by atoms with Crippen LogP contribution in [-0.4, -0.2) is 48.0 Å². The highest BCUT2D eigenvalue weighted by Gasteiger charge is 2.62. The molecule has 2 atom stereocenters. The summed E-state index contributed by atoms with van der Waals surface area (Å²) >= 11 is 0. The largest absolute Gasteiger partial charge is 0.410 e. The molecule has 124 valence electrons. The number of hydrogen-bond acceptors (Lipinski definition) is 5. The number of nitrogens with one attached hydrogen (secondary N) is 1. The summed E-state index contributed by atoms with van der Waals surface area (Å²) in [6.45, 7) is 2.15. The van der Waals surface area contributed by atoms with Crippen LogP contribution in [0.15, 0.2) is 0 Å². The molecule has 0 aliphatic carbocycles. The molecular formula is C14H21FN2O5. The topological polar surface area (TPSA) is 84.9 Å². The van der Waals surface area contributed by atoms with Crippen LogP contribution >= 0.6 is 0 Å². The third kappa shape index (κ3) is 3.21. The molecule has 0 aromatic carbocycles. The van der Waals surface area contributed by atoms with Gasteiger partial charge < -0.3 is 9.47 Å². The van der Waals surface area contributed by atoms with E-state index in [0.29, 0.717) is 6.42 Å². The van der Waals surface area contributed by atoms with Crippen molar-refractivity contribution in [1.29, 1.82) is 0 Å². The molecule has 3 amide bonds. The van der Waals surface area contributed by atoms with Crippen LogP contribution in [0.1, 0.15) is 45.4 Å².